The molecule has 2 aliphatic rings. The number of hydrogen-bond donors (Lipinski definition) is 3. The monoisotopic (exact) mass is 580 g/mol. The molecule has 0 bridgehead atoms. The van der Waals surface area contributed by atoms with Gasteiger partial charge in [-0.05, 0) is 63.9 Å². The van der Waals surface area contributed by atoms with Crippen molar-refractivity contribution < 1.29 is 29.6 Å². The van der Waals surface area contributed by atoms with Crippen LogP contribution < -0.4 is 0 Å². The van der Waals surface area contributed by atoms with Crippen LogP contribution in [0.1, 0.15) is 168 Å². The quantitative estimate of drug-likeness (QED) is 0.0707. The minimum Gasteiger partial charge on any atom is -0.458 e. The number of aliphatic hydroxyl groups excluding tert-OH is 3. The second-order valence-corrected chi connectivity index (χ2v) is 13.0. The van der Waals surface area contributed by atoms with Gasteiger partial charge in [0.2, 0.25) is 0 Å². The minimum atomic E-state index is -0.479. The number of rotatable bonds is 26. The molecule has 240 valence electrons. The molecular formula is C35H64O6. The van der Waals surface area contributed by atoms with Crippen LogP contribution in [0.3, 0.4) is 0 Å². The molecule has 3 N–H and O–H groups in total. The number of esters is 1. The van der Waals surface area contributed by atoms with Gasteiger partial charge in [-0.1, -0.05) is 110 Å². The van der Waals surface area contributed by atoms with Crippen molar-refractivity contribution in [1.82, 2.24) is 0 Å². The van der Waals surface area contributed by atoms with E-state index < -0.39 is 12.2 Å². The summed E-state index contributed by atoms with van der Waals surface area (Å²) in [5.74, 6) is -0.133. The predicted molar refractivity (Wildman–Crippen MR) is 167 cm³/mol. The highest BCUT2D eigenvalue weighted by atomic mass is 16.5. The van der Waals surface area contributed by atoms with Crippen molar-refractivity contribution in [2.24, 2.45) is 0 Å². The van der Waals surface area contributed by atoms with Crippen molar-refractivity contribution in [3.05, 3.63) is 11.1 Å². The molecular weight excluding hydrogens is 516 g/mol. The third-order valence-corrected chi connectivity index (χ3v) is 9.23. The topological polar surface area (TPSA) is 96.2 Å². The highest BCUT2D eigenvalue weighted by Gasteiger charge is 2.34. The van der Waals surface area contributed by atoms with E-state index in [1.165, 1.54) is 57.8 Å². The third kappa shape index (κ3) is 15.9. The maximum atomic E-state index is 11.6. The minimum absolute atomic E-state index is 0.129. The number of cyclic esters (lactones) is 1. The zero-order valence-electron chi connectivity index (χ0n) is 26.6. The van der Waals surface area contributed by atoms with Crippen molar-refractivity contribution in [3.8, 4) is 0 Å². The van der Waals surface area contributed by atoms with E-state index in [9.17, 15) is 20.1 Å². The van der Waals surface area contributed by atoms with Gasteiger partial charge in [0.1, 0.15) is 6.61 Å². The van der Waals surface area contributed by atoms with Gasteiger partial charge in [-0.2, -0.15) is 0 Å². The summed E-state index contributed by atoms with van der Waals surface area (Å²) in [7, 11) is 0. The first-order chi connectivity index (χ1) is 19.9. The molecule has 0 amide bonds. The molecule has 0 aromatic carbocycles. The molecule has 6 nitrogen and oxygen atoms in total. The van der Waals surface area contributed by atoms with Gasteiger partial charge >= 0.3 is 5.97 Å². The van der Waals surface area contributed by atoms with E-state index in [4.69, 9.17) is 9.47 Å². The average molecular weight is 581 g/mol. The summed E-state index contributed by atoms with van der Waals surface area (Å²) in [5, 5.41) is 31.5. The Morgan fingerprint density at radius 2 is 1.10 bits per heavy atom. The summed E-state index contributed by atoms with van der Waals surface area (Å²) in [6.07, 6.45) is 24.4. The summed E-state index contributed by atoms with van der Waals surface area (Å²) in [6, 6.07) is 0. The van der Waals surface area contributed by atoms with E-state index in [-0.39, 0.29) is 24.3 Å². The summed E-state index contributed by atoms with van der Waals surface area (Å²) < 4.78 is 11.1. The van der Waals surface area contributed by atoms with Gasteiger partial charge in [0.15, 0.2) is 0 Å². The van der Waals surface area contributed by atoms with Crippen LogP contribution in [-0.2, 0) is 14.3 Å². The summed E-state index contributed by atoms with van der Waals surface area (Å²) >= 11 is 0. The van der Waals surface area contributed by atoms with Gasteiger partial charge in [0, 0.05) is 5.57 Å². The highest BCUT2D eigenvalue weighted by molar-refractivity contribution is 5.91. The van der Waals surface area contributed by atoms with Crippen LogP contribution >= 0.6 is 0 Å². The smallest absolute Gasteiger partial charge is 0.334 e. The summed E-state index contributed by atoms with van der Waals surface area (Å²) in [4.78, 5) is 11.6. The molecule has 0 radical (unpaired) electrons. The summed E-state index contributed by atoms with van der Waals surface area (Å²) in [6.45, 7) is 4.70. The lowest BCUT2D eigenvalue weighted by molar-refractivity contribution is -0.136. The fourth-order valence-corrected chi connectivity index (χ4v) is 6.40. The molecule has 5 unspecified atom stereocenters. The number of aliphatic hydroxyl groups is 3. The molecule has 0 aromatic rings. The van der Waals surface area contributed by atoms with Crippen LogP contribution in [-0.4, -0.2) is 58.4 Å². The SMILES string of the molecule is CCCCCCCCCCCCC(O)C1CCC(C(O)CCCCC(O)CCCCCCCC2=C(C)COC2=O)O1. The first-order valence-corrected chi connectivity index (χ1v) is 17.5. The Bertz CT molecular complexity index is 707. The average Bonchev–Trinajstić information content (AvgIpc) is 3.58. The van der Waals surface area contributed by atoms with Crippen LogP contribution in [0.4, 0.5) is 0 Å². The normalized spacial score (nSPS) is 21.4. The van der Waals surface area contributed by atoms with E-state index >= 15 is 0 Å². The zero-order chi connectivity index (χ0) is 29.7. The van der Waals surface area contributed by atoms with Gasteiger partial charge < -0.3 is 24.8 Å². The molecule has 1 fully saturated rings. The van der Waals surface area contributed by atoms with Crippen LogP contribution in [0, 0.1) is 0 Å². The van der Waals surface area contributed by atoms with Crippen molar-refractivity contribution in [3.63, 3.8) is 0 Å². The van der Waals surface area contributed by atoms with Crippen molar-refractivity contribution in [1.29, 1.82) is 0 Å². The van der Waals surface area contributed by atoms with Gasteiger partial charge in [-0.15, -0.1) is 0 Å². The van der Waals surface area contributed by atoms with Crippen molar-refractivity contribution in [2.75, 3.05) is 6.61 Å². The first kappa shape index (κ1) is 36.2. The second-order valence-electron chi connectivity index (χ2n) is 13.0. The van der Waals surface area contributed by atoms with Gasteiger partial charge in [-0.3, -0.25) is 0 Å². The molecule has 0 aromatic heterocycles. The largest absolute Gasteiger partial charge is 0.458 e. The molecule has 5 atom stereocenters. The van der Waals surface area contributed by atoms with Crippen LogP contribution in [0.2, 0.25) is 0 Å². The maximum absolute atomic E-state index is 11.6. The zero-order valence-corrected chi connectivity index (χ0v) is 26.6. The fraction of sp³-hybridized carbons (Fsp3) is 0.914. The Labute approximate surface area is 251 Å². The molecule has 0 spiro atoms. The van der Waals surface area contributed by atoms with E-state index in [0.29, 0.717) is 13.0 Å². The molecule has 1 saturated heterocycles. The predicted octanol–water partition coefficient (Wildman–Crippen LogP) is 8.09. The lowest BCUT2D eigenvalue weighted by Crippen LogP contribution is -2.31. The van der Waals surface area contributed by atoms with E-state index in [2.05, 4.69) is 6.92 Å². The van der Waals surface area contributed by atoms with E-state index in [1.807, 2.05) is 6.92 Å². The van der Waals surface area contributed by atoms with Crippen LogP contribution in [0.25, 0.3) is 0 Å². The molecule has 0 saturated carbocycles. The molecule has 41 heavy (non-hydrogen) atoms. The number of ether oxygens (including phenoxy) is 2. The third-order valence-electron chi connectivity index (χ3n) is 9.23. The van der Waals surface area contributed by atoms with Crippen LogP contribution in [0.5, 0.6) is 0 Å². The van der Waals surface area contributed by atoms with Gasteiger partial charge in [-0.25, -0.2) is 4.79 Å². The Balaban J connectivity index is 1.39. The Morgan fingerprint density at radius 1 is 0.659 bits per heavy atom. The lowest BCUT2D eigenvalue weighted by atomic mass is 9.99. The Hall–Kier alpha value is -0.950. The van der Waals surface area contributed by atoms with E-state index in [0.717, 1.165) is 101 Å². The lowest BCUT2D eigenvalue weighted by Gasteiger charge is -2.22. The van der Waals surface area contributed by atoms with E-state index in [1.54, 1.807) is 0 Å². The Morgan fingerprint density at radius 3 is 1.61 bits per heavy atom. The molecule has 2 heterocycles. The Kier molecular flexibility index (Phi) is 20.0. The number of carbonyl (C=O) groups is 1. The van der Waals surface area contributed by atoms with Gasteiger partial charge in [0.05, 0.1) is 30.5 Å². The van der Waals surface area contributed by atoms with Gasteiger partial charge in [0.25, 0.3) is 0 Å². The molecule has 2 rings (SSSR count). The second kappa shape index (κ2) is 22.6. The first-order valence-electron chi connectivity index (χ1n) is 17.5. The van der Waals surface area contributed by atoms with Crippen LogP contribution in [0.15, 0.2) is 11.1 Å². The number of carbonyl (C=O) groups excluding carboxylic acids is 1. The molecule has 2 aliphatic heterocycles. The highest BCUT2D eigenvalue weighted by Crippen LogP contribution is 2.28. The number of hydrogen-bond acceptors (Lipinski definition) is 6. The molecule has 6 heteroatoms. The van der Waals surface area contributed by atoms with Crippen molar-refractivity contribution in [2.45, 2.75) is 198 Å². The standard InChI is InChI=1S/C35H64O6/c1-3-4-5-6-7-8-9-10-14-17-23-31(37)33-25-26-34(41-33)32(38)24-19-18-21-29(36)20-15-12-11-13-16-22-30-28(2)27-40-35(30)39/h29,31-34,36-38H,3-27H2,1-2H3. The van der Waals surface area contributed by atoms with Crippen molar-refractivity contribution >= 4 is 5.97 Å². The fourth-order valence-electron chi connectivity index (χ4n) is 6.40. The summed E-state index contributed by atoms with van der Waals surface area (Å²) in [5.41, 5.74) is 1.96. The maximum Gasteiger partial charge on any atom is 0.334 e. The molecule has 0 aliphatic carbocycles. The number of unbranched alkanes of at least 4 members (excludes halogenated alkanes) is 14.